The molecular weight excluding hydrogens is 584 g/mol. The lowest BCUT2D eigenvalue weighted by Gasteiger charge is -2.16. The summed E-state index contributed by atoms with van der Waals surface area (Å²) >= 11 is 12.8. The molecular formula is C27H17Cl2F3N6O3. The van der Waals surface area contributed by atoms with Crippen LogP contribution in [0.4, 0.5) is 24.5 Å². The molecule has 2 N–H and O–H groups in total. The number of alkyl halides is 3. The van der Waals surface area contributed by atoms with Crippen LogP contribution in [0.25, 0.3) is 16.6 Å². The van der Waals surface area contributed by atoms with Crippen molar-refractivity contribution in [1.29, 1.82) is 0 Å². The number of nitrogens with one attached hydrogen (secondary N) is 2. The number of rotatable bonds is 6. The number of pyridine rings is 2. The van der Waals surface area contributed by atoms with Crippen LogP contribution in [0, 0.1) is 0 Å². The fourth-order valence-electron chi connectivity index (χ4n) is 3.93. The Balaban J connectivity index is 1.59. The highest BCUT2D eigenvalue weighted by molar-refractivity contribution is 6.40. The molecule has 2 amide bonds. The van der Waals surface area contributed by atoms with Gasteiger partial charge in [0.15, 0.2) is 11.5 Å². The molecule has 2 aromatic carbocycles. The maximum absolute atomic E-state index is 13.6. The second kappa shape index (κ2) is 11.1. The van der Waals surface area contributed by atoms with Gasteiger partial charge in [0, 0.05) is 23.7 Å². The minimum absolute atomic E-state index is 0.00701. The first-order valence-corrected chi connectivity index (χ1v) is 12.4. The first-order chi connectivity index (χ1) is 19.6. The van der Waals surface area contributed by atoms with Crippen molar-refractivity contribution >= 4 is 57.2 Å². The van der Waals surface area contributed by atoms with Gasteiger partial charge in [0.25, 0.3) is 11.8 Å². The summed E-state index contributed by atoms with van der Waals surface area (Å²) in [6, 6.07) is 14.8. The first kappa shape index (κ1) is 27.9. The van der Waals surface area contributed by atoms with Crippen molar-refractivity contribution in [3.05, 3.63) is 100 Å². The highest BCUT2D eigenvalue weighted by Gasteiger charge is 2.37. The molecule has 3 heterocycles. The van der Waals surface area contributed by atoms with Crippen molar-refractivity contribution in [1.82, 2.24) is 19.7 Å². The van der Waals surface area contributed by atoms with Gasteiger partial charge in [-0.1, -0.05) is 47.5 Å². The van der Waals surface area contributed by atoms with Crippen LogP contribution in [0.15, 0.2) is 73.1 Å². The van der Waals surface area contributed by atoms with Crippen molar-refractivity contribution in [2.24, 2.45) is 0 Å². The highest BCUT2D eigenvalue weighted by atomic mass is 35.5. The fraction of sp³-hybridized carbons (Fsp3) is 0.0741. The fourth-order valence-corrected chi connectivity index (χ4v) is 4.45. The van der Waals surface area contributed by atoms with Crippen LogP contribution in [-0.2, 0) is 6.18 Å². The quantitative estimate of drug-likeness (QED) is 0.225. The predicted molar refractivity (Wildman–Crippen MR) is 147 cm³/mol. The van der Waals surface area contributed by atoms with Crippen molar-refractivity contribution in [3.63, 3.8) is 0 Å². The smallest absolute Gasteiger partial charge is 0.435 e. The van der Waals surface area contributed by atoms with Crippen molar-refractivity contribution in [2.45, 2.75) is 6.18 Å². The standard InChI is InChI=1S/C27H17Cl2F3N6O3/c1-41-21-9-8-15(13-34-21)35-25(39)17-11-14-5-2-3-6-16(14)22(29)23(17)36-26(40)19-12-20(27(30,31)32)37-38(19)24-18(28)7-4-10-33-24/h2-13H,1H3,(H,35,39)(H,36,40). The molecule has 0 radical (unpaired) electrons. The number of anilines is 2. The number of methoxy groups -OCH3 is 1. The van der Waals surface area contributed by atoms with Gasteiger partial charge in [0.2, 0.25) is 5.88 Å². The van der Waals surface area contributed by atoms with E-state index >= 15 is 0 Å². The van der Waals surface area contributed by atoms with Crippen LogP contribution >= 0.6 is 23.2 Å². The van der Waals surface area contributed by atoms with Gasteiger partial charge in [-0.2, -0.15) is 18.3 Å². The van der Waals surface area contributed by atoms with Gasteiger partial charge >= 0.3 is 6.18 Å². The van der Waals surface area contributed by atoms with E-state index in [-0.39, 0.29) is 27.1 Å². The number of carbonyl (C=O) groups is 2. The molecule has 208 valence electrons. The van der Waals surface area contributed by atoms with Gasteiger partial charge in [-0.25, -0.2) is 14.6 Å². The summed E-state index contributed by atoms with van der Waals surface area (Å²) in [5.41, 5.74) is -1.78. The Morgan fingerprint density at radius 2 is 1.73 bits per heavy atom. The van der Waals surface area contributed by atoms with Gasteiger partial charge in [0.05, 0.1) is 40.3 Å². The highest BCUT2D eigenvalue weighted by Crippen LogP contribution is 2.36. The zero-order valence-corrected chi connectivity index (χ0v) is 22.3. The molecule has 0 aliphatic heterocycles. The number of halogens is 5. The monoisotopic (exact) mass is 600 g/mol. The number of amides is 2. The Labute approximate surface area is 239 Å². The minimum atomic E-state index is -4.88. The van der Waals surface area contributed by atoms with Gasteiger partial charge in [-0.3, -0.25) is 9.59 Å². The van der Waals surface area contributed by atoms with Crippen molar-refractivity contribution in [2.75, 3.05) is 17.7 Å². The maximum atomic E-state index is 13.6. The lowest BCUT2D eigenvalue weighted by atomic mass is 10.0. The Morgan fingerprint density at radius 1 is 0.951 bits per heavy atom. The molecule has 41 heavy (non-hydrogen) atoms. The number of hydrogen-bond donors (Lipinski definition) is 2. The van der Waals surface area contributed by atoms with Gasteiger partial charge in [-0.05, 0) is 29.7 Å². The molecule has 0 unspecified atom stereocenters. The Hall–Kier alpha value is -4.68. The third-order valence-electron chi connectivity index (χ3n) is 5.84. The molecule has 0 saturated carbocycles. The van der Waals surface area contributed by atoms with E-state index in [1.165, 1.54) is 43.8 Å². The molecule has 3 aromatic heterocycles. The summed E-state index contributed by atoms with van der Waals surface area (Å²) in [6.07, 6.45) is -2.22. The van der Waals surface area contributed by atoms with E-state index in [0.717, 1.165) is 0 Å². The molecule has 0 fully saturated rings. The summed E-state index contributed by atoms with van der Waals surface area (Å²) in [7, 11) is 1.44. The largest absolute Gasteiger partial charge is 0.481 e. The van der Waals surface area contributed by atoms with Gasteiger partial charge < -0.3 is 15.4 Å². The Bertz CT molecular complexity index is 1790. The zero-order valence-electron chi connectivity index (χ0n) is 20.8. The zero-order chi connectivity index (χ0) is 29.3. The van der Waals surface area contributed by atoms with Crippen LogP contribution < -0.4 is 15.4 Å². The summed E-state index contributed by atoms with van der Waals surface area (Å²) in [5.74, 6) is -1.60. The van der Waals surface area contributed by atoms with Gasteiger partial charge in [0.1, 0.15) is 5.69 Å². The minimum Gasteiger partial charge on any atom is -0.481 e. The van der Waals surface area contributed by atoms with E-state index < -0.39 is 29.4 Å². The molecule has 14 heteroatoms. The average Bonchev–Trinajstić information content (AvgIpc) is 3.41. The van der Waals surface area contributed by atoms with E-state index in [0.29, 0.717) is 33.1 Å². The number of benzene rings is 2. The molecule has 5 aromatic rings. The molecule has 9 nitrogen and oxygen atoms in total. The summed E-state index contributed by atoms with van der Waals surface area (Å²) in [4.78, 5) is 34.9. The van der Waals surface area contributed by atoms with Crippen molar-refractivity contribution < 1.29 is 27.5 Å². The van der Waals surface area contributed by atoms with Crippen LogP contribution in [0.1, 0.15) is 26.5 Å². The second-order valence-electron chi connectivity index (χ2n) is 8.46. The number of fused-ring (bicyclic) bond motifs is 1. The molecule has 0 atom stereocenters. The number of carbonyl (C=O) groups excluding carboxylic acids is 2. The second-order valence-corrected chi connectivity index (χ2v) is 9.25. The van der Waals surface area contributed by atoms with Crippen LogP contribution in [0.2, 0.25) is 10.0 Å². The van der Waals surface area contributed by atoms with E-state index in [9.17, 15) is 22.8 Å². The van der Waals surface area contributed by atoms with E-state index in [1.54, 1.807) is 30.3 Å². The predicted octanol–water partition coefficient (Wildman–Crippen LogP) is 6.65. The number of hydrogen-bond acceptors (Lipinski definition) is 6. The van der Waals surface area contributed by atoms with Crippen LogP contribution in [-0.4, -0.2) is 38.7 Å². The molecule has 5 rings (SSSR count). The number of nitrogens with zero attached hydrogens (tertiary/aromatic N) is 4. The average molecular weight is 601 g/mol. The third kappa shape index (κ3) is 5.65. The molecule has 0 aliphatic carbocycles. The summed E-state index contributed by atoms with van der Waals surface area (Å²) in [6.45, 7) is 0. The van der Waals surface area contributed by atoms with Crippen LogP contribution in [0.5, 0.6) is 5.88 Å². The lowest BCUT2D eigenvalue weighted by Crippen LogP contribution is -2.21. The lowest BCUT2D eigenvalue weighted by molar-refractivity contribution is -0.141. The SMILES string of the molecule is COc1ccc(NC(=O)c2cc3ccccc3c(Cl)c2NC(=O)c2cc(C(F)(F)F)nn2-c2ncccc2Cl)cn1. The topological polar surface area (TPSA) is 111 Å². The van der Waals surface area contributed by atoms with Crippen LogP contribution in [0.3, 0.4) is 0 Å². The molecule has 0 spiro atoms. The molecule has 0 bridgehead atoms. The summed E-state index contributed by atoms with van der Waals surface area (Å²) in [5, 5.41) is 9.71. The number of aromatic nitrogens is 4. The maximum Gasteiger partial charge on any atom is 0.435 e. The summed E-state index contributed by atoms with van der Waals surface area (Å²) < 4.78 is 46.5. The van der Waals surface area contributed by atoms with Gasteiger partial charge in [-0.15, -0.1) is 0 Å². The van der Waals surface area contributed by atoms with E-state index in [1.807, 2.05) is 0 Å². The third-order valence-corrected chi connectivity index (χ3v) is 6.53. The molecule has 0 aliphatic rings. The van der Waals surface area contributed by atoms with E-state index in [2.05, 4.69) is 25.7 Å². The first-order valence-electron chi connectivity index (χ1n) is 11.7. The Kier molecular flexibility index (Phi) is 7.52. The van der Waals surface area contributed by atoms with E-state index in [4.69, 9.17) is 27.9 Å². The normalized spacial score (nSPS) is 11.4. The molecule has 0 saturated heterocycles. The Morgan fingerprint density at radius 3 is 2.41 bits per heavy atom. The number of ether oxygens (including phenoxy) is 1. The van der Waals surface area contributed by atoms with Crippen molar-refractivity contribution in [3.8, 4) is 11.7 Å².